The molecule has 0 saturated heterocycles. The maximum absolute atomic E-state index is 3.18. The molecule has 0 aromatic carbocycles. The van der Waals surface area contributed by atoms with Gasteiger partial charge in [0, 0.05) is 20.4 Å². The van der Waals surface area contributed by atoms with E-state index in [0.29, 0.717) is 0 Å². The smallest absolute Gasteiger partial charge is 0 e. The van der Waals surface area contributed by atoms with Crippen molar-refractivity contribution in [3.05, 3.63) is 48.6 Å². The first-order chi connectivity index (χ1) is 8.00. The van der Waals surface area contributed by atoms with Gasteiger partial charge in [0.2, 0.25) is 0 Å². The molecule has 0 nitrogen and oxygen atoms in total. The summed E-state index contributed by atoms with van der Waals surface area (Å²) in [6, 6.07) is 0. The van der Waals surface area contributed by atoms with Crippen LogP contribution in [-0.4, -0.2) is 0 Å². The fraction of sp³-hybridized carbons (Fsp3) is 0.500. The summed E-state index contributed by atoms with van der Waals surface area (Å²) in [6.07, 6.45) is 29.0. The van der Waals surface area contributed by atoms with Crippen molar-refractivity contribution in [2.24, 2.45) is 0 Å². The molecule has 2 rings (SSSR count). The third-order valence-corrected chi connectivity index (χ3v) is 2.58. The van der Waals surface area contributed by atoms with E-state index in [4.69, 9.17) is 0 Å². The molecule has 2 aliphatic carbocycles. The summed E-state index contributed by atoms with van der Waals surface area (Å²) < 4.78 is 0. The molecule has 0 unspecified atom stereocenters. The van der Waals surface area contributed by atoms with Gasteiger partial charge < -0.3 is 12.4 Å². The van der Waals surface area contributed by atoms with Gasteiger partial charge in [-0.3, -0.25) is 12.2 Å². The molecule has 18 heavy (non-hydrogen) atoms. The van der Waals surface area contributed by atoms with Gasteiger partial charge in [-0.25, -0.2) is 24.3 Å². The Labute approximate surface area is 132 Å². The molecule has 0 saturated carbocycles. The van der Waals surface area contributed by atoms with E-state index in [1.54, 1.807) is 0 Å². The van der Waals surface area contributed by atoms with Gasteiger partial charge in [-0.05, 0) is 0 Å². The van der Waals surface area contributed by atoms with Gasteiger partial charge in [-0.2, -0.15) is 12.2 Å². The Bertz CT molecular complexity index is 208. The van der Waals surface area contributed by atoms with E-state index in [1.807, 2.05) is 12.2 Å². The minimum atomic E-state index is 0. The van der Waals surface area contributed by atoms with Crippen LogP contribution in [-0.2, 0) is 20.4 Å². The normalized spacial score (nSPS) is 21.3. The molecule has 0 aromatic rings. The molecule has 0 bridgehead atoms. The van der Waals surface area contributed by atoms with Crippen LogP contribution >= 0.6 is 0 Å². The quantitative estimate of drug-likeness (QED) is 0.460. The van der Waals surface area contributed by atoms with E-state index >= 15 is 0 Å². The summed E-state index contributed by atoms with van der Waals surface area (Å²) in [5.74, 6) is 0. The summed E-state index contributed by atoms with van der Waals surface area (Å²) in [4.78, 5) is 0. The van der Waals surface area contributed by atoms with Crippen molar-refractivity contribution < 1.29 is 32.8 Å². The average Bonchev–Trinajstić information content (AvgIpc) is 2.15. The summed E-state index contributed by atoms with van der Waals surface area (Å²) >= 11 is 0. The van der Waals surface area contributed by atoms with Crippen LogP contribution in [0, 0.1) is 12.2 Å². The summed E-state index contributed by atoms with van der Waals surface area (Å²) in [5.41, 5.74) is 0. The van der Waals surface area contributed by atoms with Crippen LogP contribution in [0.4, 0.5) is 0 Å². The van der Waals surface area contributed by atoms with Crippen LogP contribution in [0.3, 0.4) is 0 Å². The second-order valence-corrected chi connectivity index (χ2v) is 4.09. The van der Waals surface area contributed by atoms with Gasteiger partial charge >= 0.3 is 0 Å². The van der Waals surface area contributed by atoms with Crippen LogP contribution in [0.2, 0.25) is 0 Å². The molecule has 2 aliphatic rings. The largest absolute Gasteiger partial charge is 1.00 e. The predicted molar refractivity (Wildman–Crippen MR) is 70.8 cm³/mol. The molecule has 0 radical (unpaired) electrons. The van der Waals surface area contributed by atoms with Gasteiger partial charge in [0.1, 0.15) is 0 Å². The maximum atomic E-state index is 3.18. The first kappa shape index (κ1) is 20.2. The Balaban J connectivity index is 0. The molecule has 106 valence electrons. The third-order valence-electron chi connectivity index (χ3n) is 2.58. The van der Waals surface area contributed by atoms with Crippen molar-refractivity contribution in [2.45, 2.75) is 51.4 Å². The first-order valence-electron chi connectivity index (χ1n) is 6.43. The molecule has 0 aliphatic heterocycles. The van der Waals surface area contributed by atoms with E-state index in [9.17, 15) is 0 Å². The van der Waals surface area contributed by atoms with E-state index in [1.165, 1.54) is 38.5 Å². The zero-order valence-corrected chi connectivity index (χ0v) is 13.1. The molecule has 0 N–H and O–H groups in total. The summed E-state index contributed by atoms with van der Waals surface area (Å²) in [5, 5.41) is 0. The minimum Gasteiger partial charge on any atom is -1.00 e. The van der Waals surface area contributed by atoms with E-state index in [0.717, 1.165) is 12.8 Å². The molecule has 0 heterocycles. The van der Waals surface area contributed by atoms with Crippen LogP contribution in [0.1, 0.15) is 51.4 Å². The zero-order chi connectivity index (χ0) is 11.3. The van der Waals surface area contributed by atoms with Crippen molar-refractivity contribution in [3.63, 3.8) is 0 Å². The SMILES string of the molecule is [C-]1=C/C=C\CCCC1.[C-]1=C/C=C\CCCC1.[Cl-].[Pd]. The van der Waals surface area contributed by atoms with Crippen LogP contribution in [0.15, 0.2) is 36.5 Å². The molecule has 0 aromatic heterocycles. The van der Waals surface area contributed by atoms with E-state index in [-0.39, 0.29) is 32.8 Å². The molecular formula is C16H22ClPd-3. The first-order valence-corrected chi connectivity index (χ1v) is 6.43. The topological polar surface area (TPSA) is 0 Å². The summed E-state index contributed by atoms with van der Waals surface area (Å²) in [7, 11) is 0. The number of allylic oxidation sites excluding steroid dienone is 8. The fourth-order valence-corrected chi connectivity index (χ4v) is 1.61. The van der Waals surface area contributed by atoms with Crippen molar-refractivity contribution in [2.75, 3.05) is 0 Å². The summed E-state index contributed by atoms with van der Waals surface area (Å²) in [6.45, 7) is 0. The molecule has 0 fully saturated rings. The van der Waals surface area contributed by atoms with E-state index in [2.05, 4.69) is 36.5 Å². The second kappa shape index (κ2) is 16.9. The van der Waals surface area contributed by atoms with Crippen LogP contribution in [0.25, 0.3) is 0 Å². The number of halogens is 1. The van der Waals surface area contributed by atoms with Crippen molar-refractivity contribution >= 4 is 0 Å². The average molecular weight is 356 g/mol. The molecule has 0 amide bonds. The fourth-order valence-electron chi connectivity index (χ4n) is 1.61. The Morgan fingerprint density at radius 1 is 0.667 bits per heavy atom. The van der Waals surface area contributed by atoms with Crippen molar-refractivity contribution in [1.29, 1.82) is 0 Å². The van der Waals surface area contributed by atoms with Crippen molar-refractivity contribution in [1.82, 2.24) is 0 Å². The second-order valence-electron chi connectivity index (χ2n) is 4.09. The molecule has 0 atom stereocenters. The molecule has 0 spiro atoms. The van der Waals surface area contributed by atoms with Crippen LogP contribution < -0.4 is 12.4 Å². The van der Waals surface area contributed by atoms with Gasteiger partial charge in [-0.1, -0.05) is 38.5 Å². The predicted octanol–water partition coefficient (Wildman–Crippen LogP) is 1.95. The standard InChI is InChI=1S/2C8H11.ClH.Pd/c2*1-2-4-6-8-7-5-3-1;;/h2*1-3H,4,6-8H2;1H;/q2*-1;;/p-1/b2*2-1-;;. The maximum Gasteiger partial charge on any atom is 0 e. The zero-order valence-electron chi connectivity index (χ0n) is 10.8. The number of rotatable bonds is 0. The van der Waals surface area contributed by atoms with Crippen LogP contribution in [0.5, 0.6) is 0 Å². The monoisotopic (exact) mass is 355 g/mol. The van der Waals surface area contributed by atoms with E-state index < -0.39 is 0 Å². The van der Waals surface area contributed by atoms with Gasteiger partial charge in [0.05, 0.1) is 0 Å². The van der Waals surface area contributed by atoms with Gasteiger partial charge in [-0.15, -0.1) is 12.8 Å². The third kappa shape index (κ3) is 14.0. The Hall–Kier alpha value is -0.0877. The van der Waals surface area contributed by atoms with Gasteiger partial charge in [0.25, 0.3) is 0 Å². The number of hydrogen-bond donors (Lipinski definition) is 0. The molecular weight excluding hydrogens is 334 g/mol. The minimum absolute atomic E-state index is 0. The Morgan fingerprint density at radius 2 is 1.11 bits per heavy atom. The Morgan fingerprint density at radius 3 is 1.56 bits per heavy atom. The van der Waals surface area contributed by atoms with Gasteiger partial charge in [0.15, 0.2) is 0 Å². The Kier molecular flexibility index (Phi) is 19.0. The molecule has 2 heteroatoms. The number of hydrogen-bond acceptors (Lipinski definition) is 0. The van der Waals surface area contributed by atoms with Crippen molar-refractivity contribution in [3.8, 4) is 0 Å².